The van der Waals surface area contributed by atoms with Gasteiger partial charge in [0, 0.05) is 0 Å². The number of nitrogens with zero attached hydrogens (tertiary/aromatic N) is 2. The summed E-state index contributed by atoms with van der Waals surface area (Å²) in [6.45, 7) is 6.33. The maximum absolute atomic E-state index is 9.41. The lowest BCUT2D eigenvalue weighted by Gasteiger charge is -2.36. The highest BCUT2D eigenvalue weighted by molar-refractivity contribution is 5.08. The third-order valence-electron chi connectivity index (χ3n) is 3.51. The van der Waals surface area contributed by atoms with Crippen LogP contribution in [0.5, 0.6) is 0 Å². The zero-order valence-corrected chi connectivity index (χ0v) is 9.55. The van der Waals surface area contributed by atoms with Gasteiger partial charge in [0.15, 0.2) is 0 Å². The molecule has 1 rings (SSSR count). The fraction of sp³-hybridized carbons (Fsp3) is 0.917. The van der Waals surface area contributed by atoms with Gasteiger partial charge in [-0.15, -0.1) is 0 Å². The van der Waals surface area contributed by atoms with E-state index in [4.69, 9.17) is 0 Å². The van der Waals surface area contributed by atoms with E-state index < -0.39 is 0 Å². The van der Waals surface area contributed by atoms with Crippen LogP contribution in [0, 0.1) is 11.3 Å². The highest BCUT2D eigenvalue weighted by atomic mass is 15.2. The molecule has 80 valence electrons. The summed E-state index contributed by atoms with van der Waals surface area (Å²) < 4.78 is 0. The van der Waals surface area contributed by atoms with Crippen molar-refractivity contribution < 1.29 is 0 Å². The van der Waals surface area contributed by atoms with Crippen LogP contribution in [0.3, 0.4) is 0 Å². The predicted octanol–water partition coefficient (Wildman–Crippen LogP) is 2.94. The minimum Gasteiger partial charge on any atom is -0.286 e. The Balaban J connectivity index is 2.76. The molecule has 1 saturated carbocycles. The summed E-state index contributed by atoms with van der Waals surface area (Å²) in [5.74, 6) is 0. The van der Waals surface area contributed by atoms with Crippen molar-refractivity contribution in [3.63, 3.8) is 0 Å². The van der Waals surface area contributed by atoms with Gasteiger partial charge in [0.05, 0.1) is 6.07 Å². The Bertz CT molecular complexity index is 193. The molecular weight excluding hydrogens is 172 g/mol. The SMILES string of the molecule is CCN(CC)C1(C#N)CCCCCC1. The van der Waals surface area contributed by atoms with E-state index in [0.717, 1.165) is 25.9 Å². The van der Waals surface area contributed by atoms with Gasteiger partial charge in [0.25, 0.3) is 0 Å². The molecule has 0 bridgehead atoms. The first kappa shape index (κ1) is 11.5. The van der Waals surface area contributed by atoms with Gasteiger partial charge in [0.2, 0.25) is 0 Å². The van der Waals surface area contributed by atoms with E-state index in [1.807, 2.05) is 0 Å². The molecule has 0 aromatic heterocycles. The number of rotatable bonds is 3. The summed E-state index contributed by atoms with van der Waals surface area (Å²) in [5.41, 5.74) is -0.139. The molecule has 0 atom stereocenters. The van der Waals surface area contributed by atoms with Gasteiger partial charge >= 0.3 is 0 Å². The van der Waals surface area contributed by atoms with Crippen LogP contribution in [-0.4, -0.2) is 23.5 Å². The molecule has 1 fully saturated rings. The molecule has 0 amide bonds. The average Bonchev–Trinajstić information content (AvgIpc) is 2.46. The Kier molecular flexibility index (Phi) is 4.41. The fourth-order valence-electron chi connectivity index (χ4n) is 2.64. The molecule has 0 aromatic carbocycles. The summed E-state index contributed by atoms with van der Waals surface area (Å²) in [6, 6.07) is 2.59. The molecule has 0 saturated heterocycles. The fourth-order valence-corrected chi connectivity index (χ4v) is 2.64. The summed E-state index contributed by atoms with van der Waals surface area (Å²) in [4.78, 5) is 2.35. The third-order valence-corrected chi connectivity index (χ3v) is 3.51. The van der Waals surface area contributed by atoms with Gasteiger partial charge < -0.3 is 0 Å². The van der Waals surface area contributed by atoms with E-state index in [1.54, 1.807) is 0 Å². The normalized spacial score (nSPS) is 21.6. The molecule has 0 spiro atoms. The van der Waals surface area contributed by atoms with Crippen LogP contribution in [0.1, 0.15) is 52.4 Å². The highest BCUT2D eigenvalue weighted by Crippen LogP contribution is 2.31. The van der Waals surface area contributed by atoms with Gasteiger partial charge in [-0.2, -0.15) is 5.26 Å². The first-order valence-corrected chi connectivity index (χ1v) is 5.95. The van der Waals surface area contributed by atoms with Crippen molar-refractivity contribution in [2.75, 3.05) is 13.1 Å². The van der Waals surface area contributed by atoms with E-state index >= 15 is 0 Å². The second-order valence-corrected chi connectivity index (χ2v) is 4.23. The molecule has 0 radical (unpaired) electrons. The summed E-state index contributed by atoms with van der Waals surface area (Å²) in [7, 11) is 0. The van der Waals surface area contributed by atoms with Crippen LogP contribution in [-0.2, 0) is 0 Å². The number of hydrogen-bond donors (Lipinski definition) is 0. The number of hydrogen-bond acceptors (Lipinski definition) is 2. The first-order valence-electron chi connectivity index (χ1n) is 5.95. The van der Waals surface area contributed by atoms with Crippen molar-refractivity contribution in [2.24, 2.45) is 0 Å². The smallest absolute Gasteiger partial charge is 0.109 e. The maximum atomic E-state index is 9.41. The molecule has 2 heteroatoms. The number of nitriles is 1. The van der Waals surface area contributed by atoms with Crippen molar-refractivity contribution in [3.8, 4) is 6.07 Å². The van der Waals surface area contributed by atoms with Crippen LogP contribution in [0.4, 0.5) is 0 Å². The lowest BCUT2D eigenvalue weighted by molar-refractivity contribution is 0.134. The van der Waals surface area contributed by atoms with Crippen molar-refractivity contribution in [1.82, 2.24) is 4.90 Å². The minimum atomic E-state index is -0.139. The molecule has 1 aliphatic rings. The molecule has 2 nitrogen and oxygen atoms in total. The van der Waals surface area contributed by atoms with Gasteiger partial charge in [-0.25, -0.2) is 0 Å². The lowest BCUT2D eigenvalue weighted by Crippen LogP contribution is -2.47. The molecule has 14 heavy (non-hydrogen) atoms. The van der Waals surface area contributed by atoms with Crippen LogP contribution in [0.2, 0.25) is 0 Å². The third kappa shape index (κ3) is 2.27. The standard InChI is InChI=1S/C12H22N2/c1-3-14(4-2)12(11-13)9-7-5-6-8-10-12/h3-10H2,1-2H3. The second kappa shape index (κ2) is 5.36. The van der Waals surface area contributed by atoms with Crippen molar-refractivity contribution in [1.29, 1.82) is 5.26 Å². The molecular formula is C12H22N2. The lowest BCUT2D eigenvalue weighted by atomic mass is 9.89. The van der Waals surface area contributed by atoms with Crippen LogP contribution in [0.15, 0.2) is 0 Å². The maximum Gasteiger partial charge on any atom is 0.109 e. The Morgan fingerprint density at radius 2 is 1.57 bits per heavy atom. The molecule has 0 aromatic rings. The van der Waals surface area contributed by atoms with Crippen molar-refractivity contribution in [3.05, 3.63) is 0 Å². The van der Waals surface area contributed by atoms with E-state index in [9.17, 15) is 5.26 Å². The zero-order valence-electron chi connectivity index (χ0n) is 9.55. The Morgan fingerprint density at radius 3 is 1.93 bits per heavy atom. The largest absolute Gasteiger partial charge is 0.286 e. The van der Waals surface area contributed by atoms with Crippen LogP contribution < -0.4 is 0 Å². The van der Waals surface area contributed by atoms with Crippen LogP contribution in [0.25, 0.3) is 0 Å². The molecule has 0 heterocycles. The minimum absolute atomic E-state index is 0.139. The molecule has 0 N–H and O–H groups in total. The highest BCUT2D eigenvalue weighted by Gasteiger charge is 2.35. The van der Waals surface area contributed by atoms with Crippen molar-refractivity contribution in [2.45, 2.75) is 57.9 Å². The summed E-state index contributed by atoms with van der Waals surface area (Å²) >= 11 is 0. The topological polar surface area (TPSA) is 27.0 Å². The predicted molar refractivity (Wildman–Crippen MR) is 59.0 cm³/mol. The van der Waals surface area contributed by atoms with Gasteiger partial charge in [-0.3, -0.25) is 4.90 Å². The Morgan fingerprint density at radius 1 is 1.07 bits per heavy atom. The Hall–Kier alpha value is -0.550. The monoisotopic (exact) mass is 194 g/mol. The quantitative estimate of drug-likeness (QED) is 0.646. The molecule has 0 aliphatic heterocycles. The molecule has 1 aliphatic carbocycles. The zero-order chi connectivity index (χ0) is 10.4. The van der Waals surface area contributed by atoms with Gasteiger partial charge in [-0.1, -0.05) is 39.5 Å². The first-order chi connectivity index (χ1) is 6.79. The molecule has 0 unspecified atom stereocenters. The average molecular weight is 194 g/mol. The van der Waals surface area contributed by atoms with E-state index in [-0.39, 0.29) is 5.54 Å². The summed E-state index contributed by atoms with van der Waals surface area (Å²) in [5, 5.41) is 9.41. The van der Waals surface area contributed by atoms with Gasteiger partial charge in [0.1, 0.15) is 5.54 Å². The van der Waals surface area contributed by atoms with E-state index in [2.05, 4.69) is 24.8 Å². The van der Waals surface area contributed by atoms with Crippen LogP contribution >= 0.6 is 0 Å². The summed E-state index contributed by atoms with van der Waals surface area (Å²) in [6.07, 6.45) is 7.22. The Labute approximate surface area is 87.9 Å². The van der Waals surface area contributed by atoms with Crippen molar-refractivity contribution >= 4 is 0 Å². The van der Waals surface area contributed by atoms with E-state index in [0.29, 0.717) is 0 Å². The second-order valence-electron chi connectivity index (χ2n) is 4.23. The van der Waals surface area contributed by atoms with E-state index in [1.165, 1.54) is 25.7 Å². The van der Waals surface area contributed by atoms with Gasteiger partial charge in [-0.05, 0) is 25.9 Å².